The van der Waals surface area contributed by atoms with Crippen LogP contribution in [0.1, 0.15) is 18.1 Å². The second kappa shape index (κ2) is 4.40. The number of hydrogen-bond donors (Lipinski definition) is 0. The molecule has 3 heteroatoms. The molecule has 1 aromatic rings. The summed E-state index contributed by atoms with van der Waals surface area (Å²) in [5.41, 5.74) is 1.30. The highest BCUT2D eigenvalue weighted by Crippen LogP contribution is 2.28. The maximum absolute atomic E-state index is 9.32. The van der Waals surface area contributed by atoms with Crippen molar-refractivity contribution >= 4 is 8.32 Å². The SMILES string of the molecule is Cc1ccc(C(C)(C#N)O[Si](C)(C)C)cc1. The molecule has 1 aromatic carbocycles. The third kappa shape index (κ3) is 3.19. The molecule has 0 bridgehead atoms. The number of benzene rings is 1. The van der Waals surface area contributed by atoms with Crippen molar-refractivity contribution in [1.82, 2.24) is 0 Å². The summed E-state index contributed by atoms with van der Waals surface area (Å²) in [5, 5.41) is 9.32. The van der Waals surface area contributed by atoms with Gasteiger partial charge in [-0.05, 0) is 39.1 Å². The van der Waals surface area contributed by atoms with Crippen LogP contribution in [0.25, 0.3) is 0 Å². The van der Waals surface area contributed by atoms with Crippen LogP contribution in [0.15, 0.2) is 24.3 Å². The minimum atomic E-state index is -1.73. The van der Waals surface area contributed by atoms with E-state index in [1.165, 1.54) is 5.56 Å². The van der Waals surface area contributed by atoms with Gasteiger partial charge < -0.3 is 4.43 Å². The van der Waals surface area contributed by atoms with Crippen LogP contribution in [0.2, 0.25) is 19.6 Å². The van der Waals surface area contributed by atoms with Crippen molar-refractivity contribution in [2.24, 2.45) is 0 Å². The molecular weight excluding hydrogens is 214 g/mol. The van der Waals surface area contributed by atoms with E-state index in [-0.39, 0.29) is 0 Å². The van der Waals surface area contributed by atoms with E-state index < -0.39 is 13.9 Å². The fourth-order valence-electron chi connectivity index (χ4n) is 1.63. The largest absolute Gasteiger partial charge is 0.397 e. The summed E-state index contributed by atoms with van der Waals surface area (Å²) in [4.78, 5) is 0. The molecule has 0 aliphatic carbocycles. The summed E-state index contributed by atoms with van der Waals surface area (Å²) in [6.45, 7) is 10.2. The van der Waals surface area contributed by atoms with Crippen molar-refractivity contribution in [3.63, 3.8) is 0 Å². The normalized spacial score (nSPS) is 15.2. The molecular formula is C13H19NOSi. The van der Waals surface area contributed by atoms with Gasteiger partial charge in [-0.3, -0.25) is 0 Å². The van der Waals surface area contributed by atoms with Gasteiger partial charge in [0.1, 0.15) is 6.07 Å². The van der Waals surface area contributed by atoms with Gasteiger partial charge in [-0.15, -0.1) is 0 Å². The van der Waals surface area contributed by atoms with E-state index >= 15 is 0 Å². The summed E-state index contributed by atoms with van der Waals surface area (Å²) in [6.07, 6.45) is 0. The Morgan fingerprint density at radius 3 is 2.06 bits per heavy atom. The Hall–Kier alpha value is -1.11. The van der Waals surface area contributed by atoms with Crippen LogP contribution >= 0.6 is 0 Å². The van der Waals surface area contributed by atoms with Crippen molar-refractivity contribution in [2.75, 3.05) is 0 Å². The lowest BCUT2D eigenvalue weighted by Crippen LogP contribution is -2.37. The van der Waals surface area contributed by atoms with Crippen LogP contribution in [0, 0.1) is 18.3 Å². The van der Waals surface area contributed by atoms with Crippen LogP contribution in [-0.2, 0) is 10.0 Å². The maximum atomic E-state index is 9.32. The van der Waals surface area contributed by atoms with Gasteiger partial charge >= 0.3 is 0 Å². The van der Waals surface area contributed by atoms with Crippen molar-refractivity contribution in [1.29, 1.82) is 5.26 Å². The third-order valence-corrected chi connectivity index (χ3v) is 3.35. The second-order valence-corrected chi connectivity index (χ2v) is 9.65. The molecule has 0 N–H and O–H groups in total. The second-order valence-electron chi connectivity index (χ2n) is 5.23. The first kappa shape index (κ1) is 13.0. The number of hydrogen-bond acceptors (Lipinski definition) is 2. The third-order valence-electron chi connectivity index (χ3n) is 2.33. The molecule has 0 radical (unpaired) electrons. The maximum Gasteiger partial charge on any atom is 0.186 e. The molecule has 0 heterocycles. The van der Waals surface area contributed by atoms with Gasteiger partial charge in [-0.2, -0.15) is 5.26 Å². The van der Waals surface area contributed by atoms with Crippen molar-refractivity contribution in [2.45, 2.75) is 39.1 Å². The molecule has 1 atom stereocenters. The Balaban J connectivity index is 3.06. The Labute approximate surface area is 99.0 Å². The van der Waals surface area contributed by atoms with Gasteiger partial charge in [-0.25, -0.2) is 0 Å². The molecule has 16 heavy (non-hydrogen) atoms. The first-order valence-corrected chi connectivity index (χ1v) is 8.86. The van der Waals surface area contributed by atoms with Crippen molar-refractivity contribution in [3.8, 4) is 6.07 Å². The van der Waals surface area contributed by atoms with Crippen LogP contribution in [0.5, 0.6) is 0 Å². The molecule has 0 aliphatic heterocycles. The predicted molar refractivity (Wildman–Crippen MR) is 68.6 cm³/mol. The first-order chi connectivity index (χ1) is 7.27. The van der Waals surface area contributed by atoms with E-state index in [0.717, 1.165) is 5.56 Å². The first-order valence-electron chi connectivity index (χ1n) is 5.45. The van der Waals surface area contributed by atoms with Gasteiger partial charge in [0.25, 0.3) is 0 Å². The van der Waals surface area contributed by atoms with Gasteiger partial charge in [0.2, 0.25) is 0 Å². The molecule has 0 aliphatic rings. The summed E-state index contributed by atoms with van der Waals surface area (Å²) in [5.74, 6) is 0. The lowest BCUT2D eigenvalue weighted by molar-refractivity contribution is 0.141. The van der Waals surface area contributed by atoms with Crippen LogP contribution in [0.4, 0.5) is 0 Å². The zero-order chi connectivity index (χ0) is 12.4. The van der Waals surface area contributed by atoms with E-state index in [2.05, 4.69) is 25.7 Å². The predicted octanol–water partition coefficient (Wildman–Crippen LogP) is 3.59. The van der Waals surface area contributed by atoms with E-state index in [1.807, 2.05) is 38.1 Å². The Morgan fingerprint density at radius 1 is 1.19 bits per heavy atom. The Kier molecular flexibility index (Phi) is 3.56. The fourth-order valence-corrected chi connectivity index (χ4v) is 3.02. The van der Waals surface area contributed by atoms with E-state index in [9.17, 15) is 5.26 Å². The van der Waals surface area contributed by atoms with E-state index in [0.29, 0.717) is 0 Å². The molecule has 1 unspecified atom stereocenters. The molecule has 0 spiro atoms. The zero-order valence-electron chi connectivity index (χ0n) is 10.7. The molecule has 0 amide bonds. The lowest BCUT2D eigenvalue weighted by atomic mass is 9.97. The van der Waals surface area contributed by atoms with Gasteiger partial charge in [-0.1, -0.05) is 29.8 Å². The van der Waals surface area contributed by atoms with Crippen molar-refractivity contribution < 1.29 is 4.43 Å². The van der Waals surface area contributed by atoms with E-state index in [4.69, 9.17) is 4.43 Å². The monoisotopic (exact) mass is 233 g/mol. The van der Waals surface area contributed by atoms with E-state index in [1.54, 1.807) is 0 Å². The summed E-state index contributed by atoms with van der Waals surface area (Å²) in [7, 11) is -1.73. The molecule has 0 saturated heterocycles. The average Bonchev–Trinajstić information content (AvgIpc) is 2.16. The topological polar surface area (TPSA) is 33.0 Å². The van der Waals surface area contributed by atoms with Crippen LogP contribution < -0.4 is 0 Å². The highest BCUT2D eigenvalue weighted by molar-refractivity contribution is 6.69. The summed E-state index contributed by atoms with van der Waals surface area (Å²) < 4.78 is 5.98. The molecule has 0 aromatic heterocycles. The zero-order valence-corrected chi connectivity index (χ0v) is 11.7. The standard InChI is InChI=1S/C13H19NOSi/c1-11-6-8-12(9-7-11)13(2,10-14)15-16(3,4)5/h6-9H,1-5H3. The minimum absolute atomic E-state index is 0.821. The molecule has 0 fully saturated rings. The molecule has 86 valence electrons. The average molecular weight is 233 g/mol. The van der Waals surface area contributed by atoms with Crippen LogP contribution in [0.3, 0.4) is 0 Å². The number of aryl methyl sites for hydroxylation is 1. The highest BCUT2D eigenvalue weighted by atomic mass is 28.4. The fraction of sp³-hybridized carbons (Fsp3) is 0.462. The Bertz CT molecular complexity index is 399. The number of nitriles is 1. The minimum Gasteiger partial charge on any atom is -0.397 e. The van der Waals surface area contributed by atoms with Gasteiger partial charge in [0.05, 0.1) is 0 Å². The quantitative estimate of drug-likeness (QED) is 0.747. The lowest BCUT2D eigenvalue weighted by Gasteiger charge is -2.30. The highest BCUT2D eigenvalue weighted by Gasteiger charge is 2.33. The summed E-state index contributed by atoms with van der Waals surface area (Å²) >= 11 is 0. The molecule has 2 nitrogen and oxygen atoms in total. The molecule has 0 saturated carbocycles. The van der Waals surface area contributed by atoms with Gasteiger partial charge in [0, 0.05) is 0 Å². The Morgan fingerprint density at radius 2 is 1.69 bits per heavy atom. The van der Waals surface area contributed by atoms with Crippen molar-refractivity contribution in [3.05, 3.63) is 35.4 Å². The summed E-state index contributed by atoms with van der Waals surface area (Å²) in [6, 6.07) is 10.2. The smallest absolute Gasteiger partial charge is 0.186 e. The van der Waals surface area contributed by atoms with Crippen LogP contribution in [-0.4, -0.2) is 8.32 Å². The van der Waals surface area contributed by atoms with Gasteiger partial charge in [0.15, 0.2) is 13.9 Å². The number of nitrogens with zero attached hydrogens (tertiary/aromatic N) is 1. The molecule has 1 rings (SSSR count). The number of rotatable bonds is 3.